The number of carboxylic acid groups (broad SMARTS) is 1. The van der Waals surface area contributed by atoms with Crippen LogP contribution in [0.2, 0.25) is 0 Å². The number of aliphatic carboxylic acids is 1. The highest BCUT2D eigenvalue weighted by Crippen LogP contribution is 2.20. The van der Waals surface area contributed by atoms with Crippen LogP contribution in [0.3, 0.4) is 0 Å². The number of nitrogens with one attached hydrogen (secondary N) is 1. The Labute approximate surface area is 166 Å². The molecule has 3 amide bonds. The first-order chi connectivity index (χ1) is 13.3. The lowest BCUT2D eigenvalue weighted by Crippen LogP contribution is -2.52. The van der Waals surface area contributed by atoms with E-state index in [1.807, 2.05) is 44.2 Å². The van der Waals surface area contributed by atoms with E-state index in [2.05, 4.69) is 5.32 Å². The van der Waals surface area contributed by atoms with Crippen LogP contribution in [0.4, 0.5) is 4.79 Å². The molecule has 1 aliphatic heterocycles. The second-order valence-corrected chi connectivity index (χ2v) is 7.86. The van der Waals surface area contributed by atoms with Gasteiger partial charge in [-0.25, -0.2) is 9.59 Å². The summed E-state index contributed by atoms with van der Waals surface area (Å²) in [6.45, 7) is 5.58. The Hall–Kier alpha value is -2.57. The number of carbonyl (C=O) groups is 3. The van der Waals surface area contributed by atoms with Crippen LogP contribution >= 0.6 is 0 Å². The third-order valence-corrected chi connectivity index (χ3v) is 5.09. The van der Waals surface area contributed by atoms with E-state index in [9.17, 15) is 19.5 Å². The van der Waals surface area contributed by atoms with Gasteiger partial charge in [0, 0.05) is 33.1 Å². The second kappa shape index (κ2) is 10.1. The summed E-state index contributed by atoms with van der Waals surface area (Å²) in [4.78, 5) is 40.1. The number of carbonyl (C=O) groups excluding carboxylic acids is 2. The molecule has 1 aliphatic rings. The Balaban J connectivity index is 2.01. The molecule has 0 bridgehead atoms. The normalized spacial score (nSPS) is 17.9. The molecule has 1 fully saturated rings. The standard InChI is InChI=1S/C21H31N3O4/c1-15(2)13-22-21(28)24-11-7-10-17(14-24)19(25)23(3)18(20(26)27)12-16-8-5-4-6-9-16/h4-6,8-9,15,17-18H,7,10-14H2,1-3H3,(H,22,28)(H,26,27). The number of benzene rings is 1. The highest BCUT2D eigenvalue weighted by molar-refractivity contribution is 5.86. The molecule has 2 unspecified atom stereocenters. The number of hydrogen-bond donors (Lipinski definition) is 2. The lowest BCUT2D eigenvalue weighted by molar-refractivity contribution is -0.151. The van der Waals surface area contributed by atoms with Gasteiger partial charge in [0.05, 0.1) is 5.92 Å². The molecule has 2 rings (SSSR count). The SMILES string of the molecule is CC(C)CNC(=O)N1CCCC(C(=O)N(C)C(Cc2ccccc2)C(=O)O)C1. The molecule has 2 N–H and O–H groups in total. The van der Waals surface area contributed by atoms with E-state index < -0.39 is 12.0 Å². The summed E-state index contributed by atoms with van der Waals surface area (Å²) in [5, 5.41) is 12.5. The maximum atomic E-state index is 13.0. The van der Waals surface area contributed by atoms with Crippen LogP contribution in [0.15, 0.2) is 30.3 Å². The first-order valence-electron chi connectivity index (χ1n) is 9.85. The third-order valence-electron chi connectivity index (χ3n) is 5.09. The van der Waals surface area contributed by atoms with Crippen molar-refractivity contribution in [2.75, 3.05) is 26.7 Å². The maximum absolute atomic E-state index is 13.0. The van der Waals surface area contributed by atoms with Gasteiger partial charge in [0.15, 0.2) is 0 Å². The summed E-state index contributed by atoms with van der Waals surface area (Å²) in [7, 11) is 1.54. The number of carboxylic acids is 1. The van der Waals surface area contributed by atoms with Crippen LogP contribution in [0.5, 0.6) is 0 Å². The maximum Gasteiger partial charge on any atom is 0.326 e. The van der Waals surface area contributed by atoms with E-state index in [1.165, 1.54) is 4.90 Å². The minimum atomic E-state index is -1.03. The van der Waals surface area contributed by atoms with Crippen LogP contribution in [0.1, 0.15) is 32.3 Å². The largest absolute Gasteiger partial charge is 0.480 e. The molecule has 1 aromatic carbocycles. The number of rotatable bonds is 7. The fraction of sp³-hybridized carbons (Fsp3) is 0.571. The molecule has 1 aromatic rings. The monoisotopic (exact) mass is 389 g/mol. The molecule has 2 atom stereocenters. The Morgan fingerprint density at radius 2 is 1.93 bits per heavy atom. The van der Waals surface area contributed by atoms with Crippen LogP contribution in [0, 0.1) is 11.8 Å². The van der Waals surface area contributed by atoms with E-state index in [4.69, 9.17) is 0 Å². The minimum absolute atomic E-state index is 0.159. The van der Waals surface area contributed by atoms with E-state index in [0.717, 1.165) is 12.0 Å². The van der Waals surface area contributed by atoms with Crippen molar-refractivity contribution >= 4 is 17.9 Å². The Morgan fingerprint density at radius 1 is 1.25 bits per heavy atom. The zero-order valence-electron chi connectivity index (χ0n) is 16.9. The topological polar surface area (TPSA) is 90.0 Å². The smallest absolute Gasteiger partial charge is 0.326 e. The lowest BCUT2D eigenvalue weighted by atomic mass is 9.95. The zero-order chi connectivity index (χ0) is 20.7. The number of hydrogen-bond acceptors (Lipinski definition) is 3. The first-order valence-corrected chi connectivity index (χ1v) is 9.85. The summed E-state index contributed by atoms with van der Waals surface area (Å²) in [5.41, 5.74) is 0.868. The van der Waals surface area contributed by atoms with Gasteiger partial charge in [-0.2, -0.15) is 0 Å². The van der Waals surface area contributed by atoms with Crippen molar-refractivity contribution in [1.29, 1.82) is 0 Å². The third kappa shape index (κ3) is 5.97. The van der Waals surface area contributed by atoms with Gasteiger partial charge in [0.1, 0.15) is 6.04 Å². The van der Waals surface area contributed by atoms with Gasteiger partial charge < -0.3 is 20.2 Å². The van der Waals surface area contributed by atoms with Gasteiger partial charge in [0.2, 0.25) is 5.91 Å². The van der Waals surface area contributed by atoms with Gasteiger partial charge in [-0.05, 0) is 24.3 Å². The van der Waals surface area contributed by atoms with E-state index in [-0.39, 0.29) is 24.3 Å². The summed E-state index contributed by atoms with van der Waals surface area (Å²) >= 11 is 0. The fourth-order valence-corrected chi connectivity index (χ4v) is 3.44. The fourth-order valence-electron chi connectivity index (χ4n) is 3.44. The Kier molecular flexibility index (Phi) is 7.84. The van der Waals surface area contributed by atoms with Crippen LogP contribution in [-0.2, 0) is 16.0 Å². The van der Waals surface area contributed by atoms with Crippen LogP contribution < -0.4 is 5.32 Å². The molecule has 0 radical (unpaired) electrons. The van der Waals surface area contributed by atoms with Crippen molar-refractivity contribution in [2.24, 2.45) is 11.8 Å². The molecule has 0 aromatic heterocycles. The van der Waals surface area contributed by atoms with Crippen molar-refractivity contribution in [1.82, 2.24) is 15.1 Å². The summed E-state index contributed by atoms with van der Waals surface area (Å²) < 4.78 is 0. The van der Waals surface area contributed by atoms with Crippen LogP contribution in [0.25, 0.3) is 0 Å². The van der Waals surface area contributed by atoms with Crippen LogP contribution in [-0.4, -0.2) is 65.5 Å². The van der Waals surface area contributed by atoms with Gasteiger partial charge in [-0.3, -0.25) is 4.79 Å². The number of amides is 3. The van der Waals surface area contributed by atoms with Crippen molar-refractivity contribution in [3.05, 3.63) is 35.9 Å². The van der Waals surface area contributed by atoms with E-state index >= 15 is 0 Å². The van der Waals surface area contributed by atoms with E-state index in [1.54, 1.807) is 11.9 Å². The predicted octanol–water partition coefficient (Wildman–Crippen LogP) is 2.22. The first kappa shape index (κ1) is 21.7. The van der Waals surface area contributed by atoms with Crippen molar-refractivity contribution in [2.45, 2.75) is 39.2 Å². The molecular weight excluding hydrogens is 358 g/mol. The van der Waals surface area contributed by atoms with Gasteiger partial charge in [0.25, 0.3) is 0 Å². The van der Waals surface area contributed by atoms with Crippen molar-refractivity contribution in [3.8, 4) is 0 Å². The number of urea groups is 1. The number of piperidine rings is 1. The molecule has 1 heterocycles. The molecule has 7 nitrogen and oxygen atoms in total. The van der Waals surface area contributed by atoms with Gasteiger partial charge in [-0.1, -0.05) is 44.2 Å². The molecule has 154 valence electrons. The molecular formula is C21H31N3O4. The average Bonchev–Trinajstić information content (AvgIpc) is 2.69. The number of likely N-dealkylation sites (tertiary alicyclic amines) is 1. The summed E-state index contributed by atoms with van der Waals surface area (Å²) in [6, 6.07) is 8.20. The molecule has 0 spiro atoms. The highest BCUT2D eigenvalue weighted by Gasteiger charge is 2.34. The Morgan fingerprint density at radius 3 is 2.54 bits per heavy atom. The summed E-state index contributed by atoms with van der Waals surface area (Å²) in [5.74, 6) is -1.26. The minimum Gasteiger partial charge on any atom is -0.480 e. The van der Waals surface area contributed by atoms with Crippen molar-refractivity contribution < 1.29 is 19.5 Å². The molecule has 0 saturated carbocycles. The molecule has 1 saturated heterocycles. The van der Waals surface area contributed by atoms with Gasteiger partial charge >= 0.3 is 12.0 Å². The van der Waals surface area contributed by atoms with Crippen molar-refractivity contribution in [3.63, 3.8) is 0 Å². The zero-order valence-corrected chi connectivity index (χ0v) is 16.9. The quantitative estimate of drug-likeness (QED) is 0.748. The average molecular weight is 389 g/mol. The second-order valence-electron chi connectivity index (χ2n) is 7.86. The molecule has 0 aliphatic carbocycles. The lowest BCUT2D eigenvalue weighted by Gasteiger charge is -2.35. The van der Waals surface area contributed by atoms with E-state index in [0.29, 0.717) is 32.0 Å². The number of likely N-dealkylation sites (N-methyl/N-ethyl adjacent to an activating group) is 1. The highest BCUT2D eigenvalue weighted by atomic mass is 16.4. The molecule has 7 heteroatoms. The Bertz CT molecular complexity index is 677. The van der Waals surface area contributed by atoms with Gasteiger partial charge in [-0.15, -0.1) is 0 Å². The summed E-state index contributed by atoms with van der Waals surface area (Å²) in [6.07, 6.45) is 1.65. The predicted molar refractivity (Wildman–Crippen MR) is 107 cm³/mol. The number of nitrogens with zero attached hydrogens (tertiary/aromatic N) is 2. The molecule has 28 heavy (non-hydrogen) atoms.